The topological polar surface area (TPSA) is 88.5 Å². The fraction of sp³-hybridized carbons (Fsp3) is 0.211. The van der Waals surface area contributed by atoms with Crippen LogP contribution in [0.2, 0.25) is 0 Å². The van der Waals surface area contributed by atoms with Gasteiger partial charge in [0, 0.05) is 47.7 Å². The van der Waals surface area contributed by atoms with E-state index in [2.05, 4.69) is 4.98 Å². The molecule has 0 unspecified atom stereocenters. The van der Waals surface area contributed by atoms with Gasteiger partial charge >= 0.3 is 0 Å². The Morgan fingerprint density at radius 2 is 2.11 bits per heavy atom. The van der Waals surface area contributed by atoms with E-state index in [1.807, 2.05) is 24.3 Å². The summed E-state index contributed by atoms with van der Waals surface area (Å²) in [6.07, 6.45) is 0.710. The molecule has 0 saturated carbocycles. The molecular formula is C19H16FN3O4. The molecule has 0 radical (unpaired) electrons. The number of amides is 1. The molecule has 0 fully saturated rings. The molecule has 27 heavy (non-hydrogen) atoms. The number of nitrogens with one attached hydrogen (secondary N) is 1. The number of ether oxygens (including phenoxy) is 1. The number of nitro benzene ring substituents is 1. The molecule has 1 aliphatic heterocycles. The van der Waals surface area contributed by atoms with E-state index in [0.717, 1.165) is 40.4 Å². The smallest absolute Gasteiger partial charge is 0.272 e. The molecule has 3 aromatic rings. The molecule has 2 heterocycles. The number of H-pyrrole nitrogens is 1. The SMILES string of the molecule is O=C(COc1ccc([N+](=O)[O-])cc1F)N1CCc2[nH]c3ccccc3c2C1. The zero-order valence-corrected chi connectivity index (χ0v) is 14.3. The van der Waals surface area contributed by atoms with Crippen molar-refractivity contribution in [1.82, 2.24) is 9.88 Å². The van der Waals surface area contributed by atoms with Crippen LogP contribution >= 0.6 is 0 Å². The highest BCUT2D eigenvalue weighted by Gasteiger charge is 2.24. The van der Waals surface area contributed by atoms with Gasteiger partial charge in [-0.2, -0.15) is 0 Å². The standard InChI is InChI=1S/C19H16FN3O4/c20-15-9-12(23(25)26)5-6-18(15)27-11-19(24)22-8-7-17-14(10-22)13-3-1-2-4-16(13)21-17/h1-6,9,21H,7-8,10-11H2. The predicted octanol–water partition coefficient (Wildman–Crippen LogP) is 3.18. The Morgan fingerprint density at radius 3 is 2.89 bits per heavy atom. The zero-order valence-electron chi connectivity index (χ0n) is 14.3. The third kappa shape index (κ3) is 3.21. The zero-order chi connectivity index (χ0) is 19.0. The van der Waals surface area contributed by atoms with Gasteiger partial charge in [-0.25, -0.2) is 4.39 Å². The van der Waals surface area contributed by atoms with Crippen LogP contribution < -0.4 is 4.74 Å². The Balaban J connectivity index is 1.44. The highest BCUT2D eigenvalue weighted by molar-refractivity contribution is 5.86. The van der Waals surface area contributed by atoms with Gasteiger partial charge < -0.3 is 14.6 Å². The summed E-state index contributed by atoms with van der Waals surface area (Å²) in [5.74, 6) is -1.31. The average molecular weight is 369 g/mol. The number of halogens is 1. The van der Waals surface area contributed by atoms with Crippen LogP contribution in [0.3, 0.4) is 0 Å². The normalized spacial score (nSPS) is 13.4. The van der Waals surface area contributed by atoms with Gasteiger partial charge in [-0.1, -0.05) is 18.2 Å². The van der Waals surface area contributed by atoms with E-state index in [1.54, 1.807) is 4.90 Å². The number of carbonyl (C=O) groups excluding carboxylic acids is 1. The second kappa shape index (κ2) is 6.71. The molecule has 0 bridgehead atoms. The Hall–Kier alpha value is -3.42. The van der Waals surface area contributed by atoms with Gasteiger partial charge in [0.1, 0.15) is 0 Å². The van der Waals surface area contributed by atoms with Gasteiger partial charge in [0.25, 0.3) is 11.6 Å². The van der Waals surface area contributed by atoms with Crippen LogP contribution in [0.5, 0.6) is 5.75 Å². The number of para-hydroxylation sites is 1. The van der Waals surface area contributed by atoms with Crippen LogP contribution in [0.25, 0.3) is 10.9 Å². The molecular weight excluding hydrogens is 353 g/mol. The quantitative estimate of drug-likeness (QED) is 0.565. The van der Waals surface area contributed by atoms with E-state index in [0.29, 0.717) is 19.5 Å². The van der Waals surface area contributed by atoms with E-state index in [9.17, 15) is 19.3 Å². The van der Waals surface area contributed by atoms with Crippen LogP contribution in [0.1, 0.15) is 11.3 Å². The molecule has 0 aliphatic carbocycles. The summed E-state index contributed by atoms with van der Waals surface area (Å²) >= 11 is 0. The molecule has 1 N–H and O–H groups in total. The molecule has 2 aromatic carbocycles. The number of benzene rings is 2. The highest BCUT2D eigenvalue weighted by Crippen LogP contribution is 2.28. The van der Waals surface area contributed by atoms with E-state index in [-0.39, 0.29) is 24.0 Å². The minimum atomic E-state index is -0.866. The fourth-order valence-corrected chi connectivity index (χ4v) is 3.33. The maximum Gasteiger partial charge on any atom is 0.272 e. The summed E-state index contributed by atoms with van der Waals surface area (Å²) < 4.78 is 19.1. The highest BCUT2D eigenvalue weighted by atomic mass is 19.1. The summed E-state index contributed by atoms with van der Waals surface area (Å²) in [5, 5.41) is 11.7. The van der Waals surface area contributed by atoms with Gasteiger partial charge in [-0.3, -0.25) is 14.9 Å². The summed E-state index contributed by atoms with van der Waals surface area (Å²) in [7, 11) is 0. The molecule has 0 spiro atoms. The first-order chi connectivity index (χ1) is 13.0. The van der Waals surface area contributed by atoms with Crippen molar-refractivity contribution >= 4 is 22.5 Å². The number of aromatic nitrogens is 1. The lowest BCUT2D eigenvalue weighted by atomic mass is 10.0. The van der Waals surface area contributed by atoms with Gasteiger partial charge in [0.05, 0.1) is 11.0 Å². The van der Waals surface area contributed by atoms with Crippen LogP contribution in [0, 0.1) is 15.9 Å². The largest absolute Gasteiger partial charge is 0.481 e. The van der Waals surface area contributed by atoms with E-state index in [1.165, 1.54) is 0 Å². The van der Waals surface area contributed by atoms with Gasteiger partial charge in [0.15, 0.2) is 18.2 Å². The lowest BCUT2D eigenvalue weighted by Crippen LogP contribution is -2.38. The first-order valence-electron chi connectivity index (χ1n) is 8.46. The van der Waals surface area contributed by atoms with E-state index >= 15 is 0 Å². The predicted molar refractivity (Wildman–Crippen MR) is 96.0 cm³/mol. The first-order valence-corrected chi connectivity index (χ1v) is 8.46. The van der Waals surface area contributed by atoms with Crippen molar-refractivity contribution in [3.8, 4) is 5.75 Å². The number of carbonyl (C=O) groups is 1. The summed E-state index contributed by atoms with van der Waals surface area (Å²) in [4.78, 5) is 27.5. The lowest BCUT2D eigenvalue weighted by molar-refractivity contribution is -0.385. The number of hydrogen-bond acceptors (Lipinski definition) is 4. The number of hydrogen-bond donors (Lipinski definition) is 1. The second-order valence-electron chi connectivity index (χ2n) is 6.35. The second-order valence-corrected chi connectivity index (χ2v) is 6.35. The minimum Gasteiger partial charge on any atom is -0.481 e. The molecule has 0 saturated heterocycles. The number of rotatable bonds is 4. The van der Waals surface area contributed by atoms with Crippen molar-refractivity contribution < 1.29 is 18.8 Å². The summed E-state index contributed by atoms with van der Waals surface area (Å²) in [6.45, 7) is 0.682. The maximum atomic E-state index is 13.9. The van der Waals surface area contributed by atoms with Crippen molar-refractivity contribution in [3.63, 3.8) is 0 Å². The molecule has 4 rings (SSSR count). The Labute approximate surface area is 153 Å². The first kappa shape index (κ1) is 17.0. The maximum absolute atomic E-state index is 13.9. The molecule has 1 amide bonds. The average Bonchev–Trinajstić information content (AvgIpc) is 3.04. The fourth-order valence-electron chi connectivity index (χ4n) is 3.33. The van der Waals surface area contributed by atoms with Crippen molar-refractivity contribution in [2.45, 2.75) is 13.0 Å². The monoisotopic (exact) mass is 369 g/mol. The number of fused-ring (bicyclic) bond motifs is 3. The van der Waals surface area contributed by atoms with Crippen LogP contribution in [0.15, 0.2) is 42.5 Å². The number of non-ortho nitro benzene ring substituents is 1. The van der Waals surface area contributed by atoms with E-state index < -0.39 is 10.7 Å². The third-order valence-electron chi connectivity index (χ3n) is 4.71. The molecule has 138 valence electrons. The van der Waals surface area contributed by atoms with E-state index in [4.69, 9.17) is 4.74 Å². The lowest BCUT2D eigenvalue weighted by Gasteiger charge is -2.27. The Kier molecular flexibility index (Phi) is 4.23. The molecule has 7 nitrogen and oxygen atoms in total. The number of nitrogens with zero attached hydrogens (tertiary/aromatic N) is 2. The van der Waals surface area contributed by atoms with Crippen molar-refractivity contribution in [3.05, 3.63) is 69.7 Å². The van der Waals surface area contributed by atoms with Crippen LogP contribution in [0.4, 0.5) is 10.1 Å². The Morgan fingerprint density at radius 1 is 1.30 bits per heavy atom. The molecule has 8 heteroatoms. The van der Waals surface area contributed by atoms with Gasteiger partial charge in [-0.15, -0.1) is 0 Å². The van der Waals surface area contributed by atoms with Crippen molar-refractivity contribution in [1.29, 1.82) is 0 Å². The third-order valence-corrected chi connectivity index (χ3v) is 4.71. The van der Waals surface area contributed by atoms with Gasteiger partial charge in [-0.05, 0) is 12.1 Å². The van der Waals surface area contributed by atoms with Crippen molar-refractivity contribution in [2.75, 3.05) is 13.2 Å². The minimum absolute atomic E-state index is 0.182. The summed E-state index contributed by atoms with van der Waals surface area (Å²) in [6, 6.07) is 11.0. The van der Waals surface area contributed by atoms with Gasteiger partial charge in [0.2, 0.25) is 0 Å². The summed E-state index contributed by atoms with van der Waals surface area (Å²) in [5.41, 5.74) is 2.89. The molecule has 1 aliphatic rings. The Bertz CT molecular complexity index is 1050. The number of aromatic amines is 1. The number of nitro groups is 1. The van der Waals surface area contributed by atoms with Crippen LogP contribution in [-0.2, 0) is 17.8 Å². The molecule has 1 aromatic heterocycles. The van der Waals surface area contributed by atoms with Crippen molar-refractivity contribution in [2.24, 2.45) is 0 Å². The molecule has 0 atom stereocenters. The van der Waals surface area contributed by atoms with Crippen LogP contribution in [-0.4, -0.2) is 33.9 Å².